The maximum Gasteiger partial charge on any atom is 0.328 e. The zero-order valence-electron chi connectivity index (χ0n) is 19.3. The molecule has 1 aliphatic rings. The number of para-hydroxylation sites is 1. The Balaban J connectivity index is 1.80. The highest BCUT2D eigenvalue weighted by molar-refractivity contribution is 6.01. The summed E-state index contributed by atoms with van der Waals surface area (Å²) in [5, 5.41) is 5.78. The van der Waals surface area contributed by atoms with E-state index in [1.54, 1.807) is 24.3 Å². The first-order chi connectivity index (χ1) is 16.7. The minimum atomic E-state index is -0.891. The van der Waals surface area contributed by atoms with Crippen molar-refractivity contribution in [3.05, 3.63) is 76.5 Å². The van der Waals surface area contributed by atoms with E-state index in [2.05, 4.69) is 20.6 Å². The van der Waals surface area contributed by atoms with Crippen molar-refractivity contribution in [3.8, 4) is 0 Å². The Hall–Kier alpha value is -4.12. The number of carbonyl (C=O) groups excluding carboxylic acids is 2. The lowest BCUT2D eigenvalue weighted by Crippen LogP contribution is -2.43. The van der Waals surface area contributed by atoms with Gasteiger partial charge >= 0.3 is 6.03 Å². The number of hydrogen-bond acceptors (Lipinski definition) is 6. The van der Waals surface area contributed by atoms with Crippen LogP contribution in [0.2, 0.25) is 0 Å². The molecule has 0 unspecified atom stereocenters. The van der Waals surface area contributed by atoms with Gasteiger partial charge in [-0.15, -0.1) is 0 Å². The van der Waals surface area contributed by atoms with Crippen molar-refractivity contribution in [3.63, 3.8) is 0 Å². The Labute approximate surface area is 201 Å². The smallest absolute Gasteiger partial charge is 0.328 e. The minimum absolute atomic E-state index is 0.0907. The standard InChI is InChI=1S/C24H25F2N7O2/c1-32(2)11-10-28-23-30-19(12-14-6-8-15(9-7-14)21(27)34)16-13-29-24(35)33(22(16)31-23)20-17(25)4-3-5-18(20)26/h3-9H,10-13H2,1-2H3,(H2,27,34)(H,29,35)(H,28,30,31). The number of halogens is 2. The predicted molar refractivity (Wildman–Crippen MR) is 128 cm³/mol. The molecule has 0 fully saturated rings. The average molecular weight is 482 g/mol. The third-order valence-electron chi connectivity index (χ3n) is 5.52. The molecule has 182 valence electrons. The maximum absolute atomic E-state index is 14.7. The van der Waals surface area contributed by atoms with Gasteiger partial charge in [-0.05, 0) is 43.9 Å². The highest BCUT2D eigenvalue weighted by Gasteiger charge is 2.33. The number of nitrogens with zero attached hydrogens (tertiary/aromatic N) is 4. The first-order valence-corrected chi connectivity index (χ1v) is 10.9. The Kier molecular flexibility index (Phi) is 6.87. The van der Waals surface area contributed by atoms with Crippen LogP contribution >= 0.6 is 0 Å². The molecule has 11 heteroatoms. The van der Waals surface area contributed by atoms with Crippen LogP contribution in [0, 0.1) is 11.6 Å². The fourth-order valence-electron chi connectivity index (χ4n) is 3.73. The normalized spacial score (nSPS) is 12.9. The number of nitrogens with one attached hydrogen (secondary N) is 2. The second-order valence-corrected chi connectivity index (χ2v) is 8.33. The van der Waals surface area contributed by atoms with Crippen LogP contribution in [0.5, 0.6) is 0 Å². The van der Waals surface area contributed by atoms with Gasteiger partial charge in [-0.2, -0.15) is 4.98 Å². The molecule has 1 aromatic heterocycles. The molecule has 35 heavy (non-hydrogen) atoms. The van der Waals surface area contributed by atoms with E-state index >= 15 is 0 Å². The second-order valence-electron chi connectivity index (χ2n) is 8.33. The van der Waals surface area contributed by atoms with Gasteiger partial charge in [0.15, 0.2) is 5.82 Å². The molecule has 4 rings (SSSR count). The van der Waals surface area contributed by atoms with Gasteiger partial charge in [0, 0.05) is 30.6 Å². The fraction of sp³-hybridized carbons (Fsp3) is 0.250. The molecule has 0 atom stereocenters. The van der Waals surface area contributed by atoms with Crippen LogP contribution in [0.25, 0.3) is 0 Å². The van der Waals surface area contributed by atoms with Crippen LogP contribution in [0.1, 0.15) is 27.2 Å². The van der Waals surface area contributed by atoms with Crippen molar-refractivity contribution >= 4 is 29.4 Å². The first kappa shape index (κ1) is 24.0. The van der Waals surface area contributed by atoms with Crippen LogP contribution in [-0.4, -0.2) is 54.0 Å². The van der Waals surface area contributed by atoms with Crippen molar-refractivity contribution in [2.45, 2.75) is 13.0 Å². The molecule has 0 aliphatic carbocycles. The third-order valence-corrected chi connectivity index (χ3v) is 5.52. The first-order valence-electron chi connectivity index (χ1n) is 10.9. The molecule has 0 saturated heterocycles. The van der Waals surface area contributed by atoms with Crippen LogP contribution in [0.3, 0.4) is 0 Å². The largest absolute Gasteiger partial charge is 0.366 e. The molecule has 1 aliphatic heterocycles. The highest BCUT2D eigenvalue weighted by atomic mass is 19.1. The Morgan fingerprint density at radius 2 is 1.83 bits per heavy atom. The van der Waals surface area contributed by atoms with Crippen molar-refractivity contribution in [2.24, 2.45) is 5.73 Å². The Bertz CT molecular complexity index is 1250. The number of nitrogens with two attached hydrogens (primary N) is 1. The lowest BCUT2D eigenvalue weighted by Gasteiger charge is -2.30. The number of primary amides is 1. The van der Waals surface area contributed by atoms with Gasteiger partial charge in [-0.3, -0.25) is 4.79 Å². The number of anilines is 3. The van der Waals surface area contributed by atoms with Gasteiger partial charge in [0.2, 0.25) is 11.9 Å². The van der Waals surface area contributed by atoms with Gasteiger partial charge in [-0.1, -0.05) is 18.2 Å². The van der Waals surface area contributed by atoms with Crippen LogP contribution in [0.4, 0.5) is 31.0 Å². The zero-order chi connectivity index (χ0) is 25.1. The van der Waals surface area contributed by atoms with E-state index in [4.69, 9.17) is 5.73 Å². The summed E-state index contributed by atoms with van der Waals surface area (Å²) in [6.07, 6.45) is 0.329. The third kappa shape index (κ3) is 5.19. The summed E-state index contributed by atoms with van der Waals surface area (Å²) >= 11 is 0. The van der Waals surface area contributed by atoms with Gasteiger partial charge in [0.1, 0.15) is 17.3 Å². The monoisotopic (exact) mass is 481 g/mol. The molecule has 0 bridgehead atoms. The molecular formula is C24H25F2N7O2. The van der Waals surface area contributed by atoms with Crippen LogP contribution < -0.4 is 21.3 Å². The number of urea groups is 1. The van der Waals surface area contributed by atoms with E-state index in [0.29, 0.717) is 36.3 Å². The topological polar surface area (TPSA) is 116 Å². The number of likely N-dealkylation sites (N-methyl/N-ethyl adjacent to an activating group) is 1. The number of amides is 3. The average Bonchev–Trinajstić information content (AvgIpc) is 2.80. The van der Waals surface area contributed by atoms with Crippen molar-refractivity contribution in [1.82, 2.24) is 20.2 Å². The highest BCUT2D eigenvalue weighted by Crippen LogP contribution is 2.36. The molecule has 2 aromatic carbocycles. The van der Waals surface area contributed by atoms with E-state index in [9.17, 15) is 18.4 Å². The lowest BCUT2D eigenvalue weighted by molar-refractivity contribution is 0.1000. The van der Waals surface area contributed by atoms with Gasteiger partial charge in [0.25, 0.3) is 0 Å². The second kappa shape index (κ2) is 10.0. The number of hydrogen-bond donors (Lipinski definition) is 3. The Morgan fingerprint density at radius 3 is 2.46 bits per heavy atom. The molecule has 2 heterocycles. The van der Waals surface area contributed by atoms with Crippen molar-refractivity contribution in [1.29, 1.82) is 0 Å². The lowest BCUT2D eigenvalue weighted by atomic mass is 10.0. The van der Waals surface area contributed by atoms with Gasteiger partial charge in [-0.25, -0.2) is 23.5 Å². The predicted octanol–water partition coefficient (Wildman–Crippen LogP) is 2.78. The Morgan fingerprint density at radius 1 is 1.14 bits per heavy atom. The summed E-state index contributed by atoms with van der Waals surface area (Å²) < 4.78 is 29.4. The van der Waals surface area contributed by atoms with Gasteiger partial charge < -0.3 is 21.3 Å². The quantitative estimate of drug-likeness (QED) is 0.456. The van der Waals surface area contributed by atoms with Crippen LogP contribution in [-0.2, 0) is 13.0 Å². The van der Waals surface area contributed by atoms with E-state index in [1.165, 1.54) is 6.07 Å². The summed E-state index contributed by atoms with van der Waals surface area (Å²) in [5.74, 6) is -1.99. The molecular weight excluding hydrogens is 456 g/mol. The van der Waals surface area contributed by atoms with Crippen LogP contribution in [0.15, 0.2) is 42.5 Å². The summed E-state index contributed by atoms with van der Waals surface area (Å²) in [4.78, 5) is 36.2. The number of benzene rings is 2. The van der Waals surface area contributed by atoms with Crippen molar-refractivity contribution < 1.29 is 18.4 Å². The molecule has 3 amide bonds. The molecule has 3 aromatic rings. The summed E-state index contributed by atoms with van der Waals surface area (Å²) in [6.45, 7) is 1.29. The van der Waals surface area contributed by atoms with Crippen molar-refractivity contribution in [2.75, 3.05) is 37.4 Å². The number of rotatable bonds is 8. The molecule has 0 saturated carbocycles. The maximum atomic E-state index is 14.7. The number of carbonyl (C=O) groups is 2. The van der Waals surface area contributed by atoms with E-state index < -0.39 is 29.3 Å². The van der Waals surface area contributed by atoms with E-state index in [0.717, 1.165) is 22.6 Å². The molecule has 9 nitrogen and oxygen atoms in total. The molecule has 0 spiro atoms. The summed E-state index contributed by atoms with van der Waals surface area (Å²) in [6, 6.07) is 9.43. The number of aromatic nitrogens is 2. The van der Waals surface area contributed by atoms with E-state index in [1.807, 2.05) is 19.0 Å². The fourth-order valence-corrected chi connectivity index (χ4v) is 3.73. The molecule has 4 N–H and O–H groups in total. The molecule has 0 radical (unpaired) electrons. The number of fused-ring (bicyclic) bond motifs is 1. The van der Waals surface area contributed by atoms with Gasteiger partial charge in [0.05, 0.1) is 12.2 Å². The minimum Gasteiger partial charge on any atom is -0.366 e. The SMILES string of the molecule is CN(C)CCNc1nc(Cc2ccc(C(N)=O)cc2)c2c(n1)N(c1c(F)cccc1F)C(=O)NC2. The summed E-state index contributed by atoms with van der Waals surface area (Å²) in [5.41, 5.74) is 7.11. The summed E-state index contributed by atoms with van der Waals surface area (Å²) in [7, 11) is 3.84. The zero-order valence-corrected chi connectivity index (χ0v) is 19.3. The van der Waals surface area contributed by atoms with E-state index in [-0.39, 0.29) is 18.3 Å².